The van der Waals surface area contributed by atoms with Crippen LogP contribution in [0.2, 0.25) is 0 Å². The molecule has 28 heavy (non-hydrogen) atoms. The smallest absolute Gasteiger partial charge is 0.163 e. The lowest BCUT2D eigenvalue weighted by Crippen LogP contribution is -2.26. The van der Waals surface area contributed by atoms with Crippen molar-refractivity contribution < 1.29 is 4.79 Å². The van der Waals surface area contributed by atoms with Gasteiger partial charge in [-0.05, 0) is 70.3 Å². The molecule has 0 fully saturated rings. The molecule has 2 N–H and O–H groups in total. The predicted molar refractivity (Wildman–Crippen MR) is 124 cm³/mol. The summed E-state index contributed by atoms with van der Waals surface area (Å²) in [4.78, 5) is 14.7. The molecular formula is C23H19IN2OS. The second kappa shape index (κ2) is 7.37. The van der Waals surface area contributed by atoms with E-state index in [2.05, 4.69) is 87.1 Å². The van der Waals surface area contributed by atoms with E-state index >= 15 is 0 Å². The van der Waals surface area contributed by atoms with Gasteiger partial charge in [-0.3, -0.25) is 4.79 Å². The van der Waals surface area contributed by atoms with E-state index in [9.17, 15) is 4.79 Å². The molecule has 0 spiro atoms. The Morgan fingerprint density at radius 1 is 0.964 bits per heavy atom. The van der Waals surface area contributed by atoms with Crippen LogP contribution < -0.4 is 10.6 Å². The first-order valence-electron chi connectivity index (χ1n) is 9.37. The summed E-state index contributed by atoms with van der Waals surface area (Å²) in [5.41, 5.74) is 5.12. The number of anilines is 2. The summed E-state index contributed by atoms with van der Waals surface area (Å²) in [5.74, 6) is 0.483. The van der Waals surface area contributed by atoms with Crippen LogP contribution in [0.5, 0.6) is 0 Å². The number of hydrogen-bond donors (Lipinski definition) is 2. The van der Waals surface area contributed by atoms with Gasteiger partial charge in [0.05, 0.1) is 17.4 Å². The van der Waals surface area contributed by atoms with E-state index in [-0.39, 0.29) is 17.7 Å². The number of benzene rings is 2. The van der Waals surface area contributed by atoms with E-state index in [0.717, 1.165) is 34.6 Å². The van der Waals surface area contributed by atoms with Crippen molar-refractivity contribution in [1.82, 2.24) is 0 Å². The Bertz CT molecular complexity index is 1070. The molecule has 2 atom stereocenters. The highest BCUT2D eigenvalue weighted by atomic mass is 127. The Labute approximate surface area is 182 Å². The van der Waals surface area contributed by atoms with Gasteiger partial charge in [0.25, 0.3) is 0 Å². The predicted octanol–water partition coefficient (Wildman–Crippen LogP) is 6.33. The normalized spacial score (nSPS) is 21.2. The highest BCUT2D eigenvalue weighted by Gasteiger charge is 2.36. The lowest BCUT2D eigenvalue weighted by atomic mass is 9.81. The van der Waals surface area contributed by atoms with Crippen molar-refractivity contribution in [3.8, 4) is 0 Å². The molecule has 1 aliphatic carbocycles. The Kier molecular flexibility index (Phi) is 4.72. The second-order valence-electron chi connectivity index (χ2n) is 7.24. The molecule has 0 bridgehead atoms. The number of carbonyl (C=O) groups is 1. The van der Waals surface area contributed by atoms with Gasteiger partial charge in [-0.15, -0.1) is 11.3 Å². The van der Waals surface area contributed by atoms with Crippen molar-refractivity contribution in [2.45, 2.75) is 24.8 Å². The van der Waals surface area contributed by atoms with Crippen molar-refractivity contribution >= 4 is 51.1 Å². The zero-order valence-corrected chi connectivity index (χ0v) is 18.1. The van der Waals surface area contributed by atoms with Gasteiger partial charge >= 0.3 is 0 Å². The minimum atomic E-state index is -0.141. The van der Waals surface area contributed by atoms with Crippen LogP contribution in [0.15, 0.2) is 77.3 Å². The maximum absolute atomic E-state index is 13.4. The molecule has 5 heteroatoms. The summed E-state index contributed by atoms with van der Waals surface area (Å²) in [6, 6.07) is 20.7. The summed E-state index contributed by atoms with van der Waals surface area (Å²) in [7, 11) is 0. The third kappa shape index (κ3) is 3.26. The largest absolute Gasteiger partial charge is 0.372 e. The highest BCUT2D eigenvalue weighted by Crippen LogP contribution is 2.44. The van der Waals surface area contributed by atoms with E-state index in [1.54, 1.807) is 11.3 Å². The van der Waals surface area contributed by atoms with E-state index in [0.29, 0.717) is 6.42 Å². The number of rotatable bonds is 2. The third-order valence-corrected chi connectivity index (χ3v) is 7.14. The molecule has 3 nitrogen and oxygen atoms in total. The molecule has 1 aliphatic heterocycles. The minimum absolute atomic E-state index is 0.141. The van der Waals surface area contributed by atoms with Crippen LogP contribution >= 0.6 is 33.9 Å². The van der Waals surface area contributed by atoms with Crippen molar-refractivity contribution in [3.05, 3.63) is 91.3 Å². The molecule has 5 rings (SSSR count). The van der Waals surface area contributed by atoms with Gasteiger partial charge in [0.2, 0.25) is 0 Å². The topological polar surface area (TPSA) is 41.1 Å². The van der Waals surface area contributed by atoms with Crippen LogP contribution in [0.3, 0.4) is 0 Å². The van der Waals surface area contributed by atoms with E-state index < -0.39 is 0 Å². The first kappa shape index (κ1) is 17.9. The molecule has 0 saturated heterocycles. The van der Waals surface area contributed by atoms with Crippen LogP contribution in [-0.2, 0) is 4.79 Å². The summed E-state index contributed by atoms with van der Waals surface area (Å²) < 4.78 is 1.17. The maximum atomic E-state index is 13.4. The number of Topliss-reactive ketones (excluding diaryl/α,β-unsaturated/α-hetero) is 1. The molecule has 3 aromatic rings. The number of carbonyl (C=O) groups excluding carboxylic acids is 1. The van der Waals surface area contributed by atoms with Crippen LogP contribution in [0.1, 0.15) is 35.2 Å². The molecule has 0 amide bonds. The van der Waals surface area contributed by atoms with Crippen LogP contribution in [0.25, 0.3) is 0 Å². The monoisotopic (exact) mass is 498 g/mol. The van der Waals surface area contributed by atoms with Crippen molar-refractivity contribution in [2.24, 2.45) is 0 Å². The third-order valence-electron chi connectivity index (χ3n) is 5.44. The number of halogens is 1. The fraction of sp³-hybridized carbons (Fsp3) is 0.174. The number of hydrogen-bond acceptors (Lipinski definition) is 4. The molecule has 2 aromatic carbocycles. The second-order valence-corrected chi connectivity index (χ2v) is 9.46. The Balaban J connectivity index is 1.64. The van der Waals surface area contributed by atoms with E-state index in [1.807, 2.05) is 12.1 Å². The van der Waals surface area contributed by atoms with Gasteiger partial charge in [-0.1, -0.05) is 30.3 Å². The number of thiophene rings is 1. The average Bonchev–Trinajstić information content (AvgIpc) is 3.17. The molecule has 0 unspecified atom stereocenters. The molecule has 1 aromatic heterocycles. The van der Waals surface area contributed by atoms with Gasteiger partial charge in [0.15, 0.2) is 5.78 Å². The quantitative estimate of drug-likeness (QED) is 0.406. The fourth-order valence-corrected chi connectivity index (χ4v) is 5.55. The maximum Gasteiger partial charge on any atom is 0.163 e. The Morgan fingerprint density at radius 2 is 1.82 bits per heavy atom. The summed E-state index contributed by atoms with van der Waals surface area (Å²) in [5, 5.41) is 9.33. The van der Waals surface area contributed by atoms with E-state index in [4.69, 9.17) is 0 Å². The van der Waals surface area contributed by atoms with Gasteiger partial charge in [0, 0.05) is 32.1 Å². The highest BCUT2D eigenvalue weighted by molar-refractivity contribution is 14.1. The Morgan fingerprint density at radius 3 is 2.61 bits per heavy atom. The van der Waals surface area contributed by atoms with Crippen molar-refractivity contribution in [2.75, 3.05) is 10.6 Å². The zero-order valence-electron chi connectivity index (χ0n) is 15.1. The number of ketones is 1. The van der Waals surface area contributed by atoms with Crippen LogP contribution in [0.4, 0.5) is 11.4 Å². The van der Waals surface area contributed by atoms with Crippen molar-refractivity contribution in [1.29, 1.82) is 0 Å². The van der Waals surface area contributed by atoms with Crippen molar-refractivity contribution in [3.63, 3.8) is 0 Å². The molecule has 0 radical (unpaired) electrons. The first-order valence-corrected chi connectivity index (χ1v) is 11.3. The molecular weight excluding hydrogens is 479 g/mol. The van der Waals surface area contributed by atoms with E-state index in [1.165, 1.54) is 8.45 Å². The SMILES string of the molecule is O=C1C[C@@H](c2cccs2)CC2=C1[C@H](c1cccc(I)c1)Nc1ccccc1N2. The number of fused-ring (bicyclic) bond motifs is 1. The summed E-state index contributed by atoms with van der Waals surface area (Å²) in [6.07, 6.45) is 1.43. The standard InChI is InChI=1S/C23H19IN2OS/c24-16-6-3-5-14(11-16)23-22-19(25-17-7-1-2-8-18(17)26-23)12-15(13-20(22)27)21-9-4-10-28-21/h1-11,15,23,25-26H,12-13H2/t15-,23-/m0/s1. The number of nitrogens with one attached hydrogen (secondary N) is 2. The molecule has 2 heterocycles. The fourth-order valence-electron chi connectivity index (χ4n) is 4.15. The van der Waals surface area contributed by atoms with Gasteiger partial charge in [-0.25, -0.2) is 0 Å². The molecule has 140 valence electrons. The van der Waals surface area contributed by atoms with Gasteiger partial charge < -0.3 is 10.6 Å². The average molecular weight is 498 g/mol. The van der Waals surface area contributed by atoms with Gasteiger partial charge in [0.1, 0.15) is 0 Å². The van der Waals surface area contributed by atoms with Crippen LogP contribution in [-0.4, -0.2) is 5.78 Å². The zero-order chi connectivity index (χ0) is 19.1. The number of allylic oxidation sites excluding steroid dienone is 1. The summed E-state index contributed by atoms with van der Waals surface area (Å²) >= 11 is 4.07. The minimum Gasteiger partial charge on any atom is -0.372 e. The van der Waals surface area contributed by atoms with Gasteiger partial charge in [-0.2, -0.15) is 0 Å². The number of para-hydroxylation sites is 2. The first-order chi connectivity index (χ1) is 13.7. The van der Waals surface area contributed by atoms with Crippen LogP contribution in [0, 0.1) is 3.57 Å². The molecule has 0 saturated carbocycles. The molecule has 2 aliphatic rings. The summed E-state index contributed by atoms with van der Waals surface area (Å²) in [6.45, 7) is 0. The Hall–Kier alpha value is -2.12. The lowest BCUT2D eigenvalue weighted by Gasteiger charge is -2.29. The lowest BCUT2D eigenvalue weighted by molar-refractivity contribution is -0.116.